The number of nitrogens with one attached hydrogen (secondary N) is 1. The van der Waals surface area contributed by atoms with Gasteiger partial charge in [-0.05, 0) is 55.7 Å². The Morgan fingerprint density at radius 2 is 1.68 bits per heavy atom. The van der Waals surface area contributed by atoms with Gasteiger partial charge in [0.1, 0.15) is 5.75 Å². The summed E-state index contributed by atoms with van der Waals surface area (Å²) >= 11 is 0. The van der Waals surface area contributed by atoms with Crippen molar-refractivity contribution in [2.24, 2.45) is 0 Å². The van der Waals surface area contributed by atoms with Gasteiger partial charge in [-0.15, -0.1) is 0 Å². The van der Waals surface area contributed by atoms with Crippen LogP contribution in [0.1, 0.15) is 25.7 Å². The second-order valence-electron chi connectivity index (χ2n) is 6.71. The van der Waals surface area contributed by atoms with Crippen molar-refractivity contribution in [1.82, 2.24) is 0 Å². The summed E-state index contributed by atoms with van der Waals surface area (Å²) in [6.07, 6.45) is 3.20. The number of carbonyl (C=O) groups excluding carboxylic acids is 2. The molecule has 6 nitrogen and oxygen atoms in total. The van der Waals surface area contributed by atoms with Gasteiger partial charge in [0.15, 0.2) is 6.61 Å². The first-order valence-corrected chi connectivity index (χ1v) is 9.69. The van der Waals surface area contributed by atoms with Crippen LogP contribution in [-0.2, 0) is 14.3 Å². The summed E-state index contributed by atoms with van der Waals surface area (Å²) in [7, 11) is 0. The number of anilines is 2. The van der Waals surface area contributed by atoms with E-state index in [0.29, 0.717) is 18.7 Å². The van der Waals surface area contributed by atoms with Gasteiger partial charge in [-0.3, -0.25) is 9.59 Å². The second kappa shape index (κ2) is 10.3. The van der Waals surface area contributed by atoms with Crippen LogP contribution < -0.4 is 15.0 Å². The van der Waals surface area contributed by atoms with Crippen molar-refractivity contribution in [3.05, 3.63) is 54.6 Å². The average Bonchev–Trinajstić information content (AvgIpc) is 3.26. The number of hydrogen-bond donors (Lipinski definition) is 1. The molecular formula is C22H26N2O4. The summed E-state index contributed by atoms with van der Waals surface area (Å²) in [6.45, 7) is 2.30. The number of ether oxygens (including phenoxy) is 2. The van der Waals surface area contributed by atoms with E-state index in [4.69, 9.17) is 9.47 Å². The number of carbonyl (C=O) groups is 2. The molecule has 0 unspecified atom stereocenters. The van der Waals surface area contributed by atoms with Crippen molar-refractivity contribution < 1.29 is 19.1 Å². The second-order valence-corrected chi connectivity index (χ2v) is 6.71. The Hall–Kier alpha value is -3.02. The number of nitrogens with zero attached hydrogens (tertiary/aromatic N) is 1. The summed E-state index contributed by atoms with van der Waals surface area (Å²) in [6, 6.07) is 17.2. The summed E-state index contributed by atoms with van der Waals surface area (Å²) < 4.78 is 10.5. The fourth-order valence-electron chi connectivity index (χ4n) is 3.07. The summed E-state index contributed by atoms with van der Waals surface area (Å²) in [4.78, 5) is 26.0. The molecule has 0 spiro atoms. The summed E-state index contributed by atoms with van der Waals surface area (Å²) in [5.41, 5.74) is 1.86. The fraction of sp³-hybridized carbons (Fsp3) is 0.364. The van der Waals surface area contributed by atoms with E-state index in [9.17, 15) is 9.59 Å². The molecule has 0 atom stereocenters. The molecule has 1 aliphatic heterocycles. The minimum Gasteiger partial charge on any atom is -0.494 e. The number of hydrogen-bond acceptors (Lipinski definition) is 5. The molecule has 3 rings (SSSR count). The van der Waals surface area contributed by atoms with Crippen molar-refractivity contribution in [3.8, 4) is 5.75 Å². The highest BCUT2D eigenvalue weighted by atomic mass is 16.5. The van der Waals surface area contributed by atoms with E-state index in [-0.39, 0.29) is 18.9 Å². The molecule has 0 aromatic heterocycles. The van der Waals surface area contributed by atoms with Crippen LogP contribution in [0.5, 0.6) is 5.75 Å². The normalized spacial score (nSPS) is 13.2. The van der Waals surface area contributed by atoms with E-state index in [1.54, 1.807) is 0 Å². The number of esters is 1. The number of para-hydroxylation sites is 1. The first kappa shape index (κ1) is 19.7. The molecule has 1 saturated heterocycles. The van der Waals surface area contributed by atoms with Crippen LogP contribution in [0.25, 0.3) is 0 Å². The SMILES string of the molecule is O=C(COC(=O)CCCOc1ccccc1)Nc1ccc(N2CCCC2)cc1. The van der Waals surface area contributed by atoms with Crippen molar-refractivity contribution in [2.45, 2.75) is 25.7 Å². The molecule has 1 amide bonds. The standard InChI is InChI=1S/C22H26N2O4/c25-21(23-18-10-12-19(13-11-18)24-14-4-5-15-24)17-28-22(26)9-6-16-27-20-7-2-1-3-8-20/h1-3,7-8,10-13H,4-6,9,14-17H2,(H,23,25). The Morgan fingerprint density at radius 1 is 0.964 bits per heavy atom. The molecular weight excluding hydrogens is 356 g/mol. The molecule has 6 heteroatoms. The van der Waals surface area contributed by atoms with Crippen LogP contribution in [-0.4, -0.2) is 38.2 Å². The van der Waals surface area contributed by atoms with Gasteiger partial charge in [0, 0.05) is 30.9 Å². The fourth-order valence-corrected chi connectivity index (χ4v) is 3.07. The van der Waals surface area contributed by atoms with E-state index >= 15 is 0 Å². The van der Waals surface area contributed by atoms with Crippen LogP contribution >= 0.6 is 0 Å². The minimum absolute atomic E-state index is 0.213. The molecule has 0 aliphatic carbocycles. The molecule has 0 radical (unpaired) electrons. The molecule has 28 heavy (non-hydrogen) atoms. The molecule has 1 fully saturated rings. The Kier molecular flexibility index (Phi) is 7.29. The smallest absolute Gasteiger partial charge is 0.306 e. The van der Waals surface area contributed by atoms with Crippen molar-refractivity contribution in [2.75, 3.05) is 36.5 Å². The van der Waals surface area contributed by atoms with Gasteiger partial charge in [-0.2, -0.15) is 0 Å². The van der Waals surface area contributed by atoms with Crippen LogP contribution in [0.4, 0.5) is 11.4 Å². The van der Waals surface area contributed by atoms with Gasteiger partial charge in [0.05, 0.1) is 6.61 Å². The molecule has 1 heterocycles. The predicted octanol–water partition coefficient (Wildman–Crippen LogP) is 3.63. The maximum Gasteiger partial charge on any atom is 0.306 e. The molecule has 0 bridgehead atoms. The number of amides is 1. The Morgan fingerprint density at radius 3 is 2.39 bits per heavy atom. The van der Waals surface area contributed by atoms with E-state index in [1.165, 1.54) is 18.5 Å². The lowest BCUT2D eigenvalue weighted by atomic mass is 10.2. The van der Waals surface area contributed by atoms with Crippen molar-refractivity contribution in [1.29, 1.82) is 0 Å². The third kappa shape index (κ3) is 6.30. The topological polar surface area (TPSA) is 67.9 Å². The van der Waals surface area contributed by atoms with Crippen LogP contribution in [0, 0.1) is 0 Å². The highest BCUT2D eigenvalue weighted by Crippen LogP contribution is 2.22. The summed E-state index contributed by atoms with van der Waals surface area (Å²) in [5, 5.41) is 2.74. The van der Waals surface area contributed by atoms with Crippen LogP contribution in [0.15, 0.2) is 54.6 Å². The van der Waals surface area contributed by atoms with Gasteiger partial charge < -0.3 is 19.7 Å². The van der Waals surface area contributed by atoms with E-state index < -0.39 is 5.97 Å². The third-order valence-electron chi connectivity index (χ3n) is 4.52. The van der Waals surface area contributed by atoms with Gasteiger partial charge >= 0.3 is 5.97 Å². The lowest BCUT2D eigenvalue weighted by Gasteiger charge is -2.17. The molecule has 2 aromatic carbocycles. The van der Waals surface area contributed by atoms with E-state index in [1.807, 2.05) is 54.6 Å². The number of rotatable bonds is 9. The minimum atomic E-state index is -0.406. The Balaban J connectivity index is 1.30. The van der Waals surface area contributed by atoms with Gasteiger partial charge in [-0.1, -0.05) is 18.2 Å². The molecule has 0 saturated carbocycles. The van der Waals surface area contributed by atoms with Crippen molar-refractivity contribution >= 4 is 23.3 Å². The monoisotopic (exact) mass is 382 g/mol. The van der Waals surface area contributed by atoms with Gasteiger partial charge in [-0.25, -0.2) is 0 Å². The van der Waals surface area contributed by atoms with Crippen LogP contribution in [0.3, 0.4) is 0 Å². The maximum atomic E-state index is 11.9. The Bertz CT molecular complexity index is 756. The first-order valence-electron chi connectivity index (χ1n) is 9.69. The van der Waals surface area contributed by atoms with Crippen molar-refractivity contribution in [3.63, 3.8) is 0 Å². The molecule has 148 valence electrons. The lowest BCUT2D eigenvalue weighted by molar-refractivity contribution is -0.147. The Labute approximate surface area is 165 Å². The van der Waals surface area contributed by atoms with E-state index in [2.05, 4.69) is 10.2 Å². The van der Waals surface area contributed by atoms with Gasteiger partial charge in [0.2, 0.25) is 0 Å². The zero-order valence-corrected chi connectivity index (χ0v) is 15.9. The largest absolute Gasteiger partial charge is 0.494 e. The zero-order valence-electron chi connectivity index (χ0n) is 15.9. The highest BCUT2D eigenvalue weighted by Gasteiger charge is 2.12. The average molecular weight is 382 g/mol. The third-order valence-corrected chi connectivity index (χ3v) is 4.52. The molecule has 1 N–H and O–H groups in total. The number of benzene rings is 2. The maximum absolute atomic E-state index is 11.9. The molecule has 2 aromatic rings. The predicted molar refractivity (Wildman–Crippen MR) is 109 cm³/mol. The van der Waals surface area contributed by atoms with Gasteiger partial charge in [0.25, 0.3) is 5.91 Å². The summed E-state index contributed by atoms with van der Waals surface area (Å²) in [5.74, 6) is 0.0185. The highest BCUT2D eigenvalue weighted by molar-refractivity contribution is 5.92. The van der Waals surface area contributed by atoms with E-state index in [0.717, 1.165) is 18.8 Å². The lowest BCUT2D eigenvalue weighted by Crippen LogP contribution is -2.21. The quantitative estimate of drug-likeness (QED) is 0.530. The van der Waals surface area contributed by atoms with Crippen LogP contribution in [0.2, 0.25) is 0 Å². The zero-order chi connectivity index (χ0) is 19.6. The first-order chi connectivity index (χ1) is 13.7. The molecule has 1 aliphatic rings.